The highest BCUT2D eigenvalue weighted by Gasteiger charge is 2.23. The first-order chi connectivity index (χ1) is 8.77. The van der Waals surface area contributed by atoms with Crippen LogP contribution >= 0.6 is 0 Å². The van der Waals surface area contributed by atoms with Crippen molar-refractivity contribution in [3.8, 4) is 11.1 Å². The molecule has 1 aromatic heterocycles. The first kappa shape index (κ1) is 9.41. The summed E-state index contributed by atoms with van der Waals surface area (Å²) in [5.41, 5.74) is 2.39. The molecule has 18 heavy (non-hydrogen) atoms. The summed E-state index contributed by atoms with van der Waals surface area (Å²) < 4.78 is 0. The van der Waals surface area contributed by atoms with E-state index in [1.165, 1.54) is 12.3 Å². The summed E-state index contributed by atoms with van der Waals surface area (Å²) >= 11 is 0. The van der Waals surface area contributed by atoms with Gasteiger partial charge in [-0.3, -0.25) is 9.59 Å². The highest BCUT2D eigenvalue weighted by atomic mass is 16.1. The normalized spacial score (nSPS) is 13.1. The summed E-state index contributed by atoms with van der Waals surface area (Å²) in [6, 6.07) is 2.99. The third-order valence-corrected chi connectivity index (χ3v) is 3.34. The quantitative estimate of drug-likeness (QED) is 0.565. The number of aromatic nitrogens is 2. The van der Waals surface area contributed by atoms with Crippen molar-refractivity contribution in [1.29, 1.82) is 0 Å². The van der Waals surface area contributed by atoms with Gasteiger partial charge in [-0.05, 0) is 17.7 Å². The monoisotopic (exact) mass is 234 g/mol. The van der Waals surface area contributed by atoms with E-state index >= 15 is 0 Å². The second kappa shape index (κ2) is 2.98. The fraction of sp³-hybridized carbons (Fsp3) is 0. The zero-order chi connectivity index (χ0) is 12.3. The Morgan fingerprint density at radius 1 is 1.00 bits per heavy atom. The molecule has 0 aliphatic heterocycles. The molecule has 0 bridgehead atoms. The molecule has 0 saturated carbocycles. The molecular weight excluding hydrogens is 228 g/mol. The van der Waals surface area contributed by atoms with E-state index in [9.17, 15) is 9.59 Å². The van der Waals surface area contributed by atoms with Crippen molar-refractivity contribution in [3.05, 3.63) is 55.6 Å². The molecule has 1 aromatic rings. The molecule has 0 aromatic carbocycles. The lowest BCUT2D eigenvalue weighted by molar-refractivity contribution is 1.08. The lowest BCUT2D eigenvalue weighted by atomic mass is 10.0. The Hall–Kier alpha value is -2.62. The van der Waals surface area contributed by atoms with Crippen molar-refractivity contribution in [2.75, 3.05) is 0 Å². The van der Waals surface area contributed by atoms with Crippen LogP contribution in [-0.2, 0) is 0 Å². The standard InChI is InChI=1S/C14H6N2O2/c17-10-5-4-9-11(18)6-15-16-14-8-3-1-2-7(8)12(10)13(9)14/h1-6H. The predicted octanol–water partition coefficient (Wildman–Crippen LogP) is 0.419. The summed E-state index contributed by atoms with van der Waals surface area (Å²) in [7, 11) is 0. The van der Waals surface area contributed by atoms with Gasteiger partial charge in [0.25, 0.3) is 0 Å². The van der Waals surface area contributed by atoms with Crippen LogP contribution in [0.15, 0.2) is 34.0 Å². The summed E-state index contributed by atoms with van der Waals surface area (Å²) in [6.07, 6.45) is 6.83. The highest BCUT2D eigenvalue weighted by molar-refractivity contribution is 6.03. The van der Waals surface area contributed by atoms with Crippen LogP contribution in [0.25, 0.3) is 34.2 Å². The minimum absolute atomic E-state index is 0.0823. The van der Waals surface area contributed by atoms with E-state index in [0.717, 1.165) is 10.8 Å². The van der Waals surface area contributed by atoms with Gasteiger partial charge in [0.2, 0.25) is 5.43 Å². The maximum Gasteiger partial charge on any atom is 0.206 e. The first-order valence-corrected chi connectivity index (χ1v) is 5.53. The molecule has 84 valence electrons. The maximum atomic E-state index is 12.0. The zero-order valence-corrected chi connectivity index (χ0v) is 9.18. The van der Waals surface area contributed by atoms with Gasteiger partial charge in [-0.1, -0.05) is 18.2 Å². The number of hydrogen-bond donors (Lipinski definition) is 0. The number of nitrogens with zero attached hydrogens (tertiary/aromatic N) is 2. The van der Waals surface area contributed by atoms with Gasteiger partial charge in [0.15, 0.2) is 5.43 Å². The lowest BCUT2D eigenvalue weighted by Gasteiger charge is -1.99. The Balaban J connectivity index is 2.50. The Morgan fingerprint density at radius 2 is 1.89 bits per heavy atom. The van der Waals surface area contributed by atoms with Crippen LogP contribution in [0.5, 0.6) is 0 Å². The van der Waals surface area contributed by atoms with Crippen LogP contribution in [-0.4, -0.2) is 10.2 Å². The van der Waals surface area contributed by atoms with Gasteiger partial charge in [-0.15, -0.1) is 5.10 Å². The van der Waals surface area contributed by atoms with Crippen molar-refractivity contribution in [3.63, 3.8) is 0 Å². The van der Waals surface area contributed by atoms with Crippen LogP contribution in [0.1, 0.15) is 5.56 Å². The second-order valence-electron chi connectivity index (χ2n) is 4.27. The second-order valence-corrected chi connectivity index (χ2v) is 4.27. The number of fused-ring (bicyclic) bond motifs is 3. The van der Waals surface area contributed by atoms with E-state index in [1.54, 1.807) is 6.07 Å². The Bertz CT molecular complexity index is 960. The van der Waals surface area contributed by atoms with Gasteiger partial charge in [0.05, 0.1) is 6.20 Å². The molecule has 3 aliphatic carbocycles. The molecule has 0 saturated heterocycles. The number of rotatable bonds is 0. The predicted molar refractivity (Wildman–Crippen MR) is 68.6 cm³/mol. The Kier molecular flexibility index (Phi) is 1.56. The van der Waals surface area contributed by atoms with E-state index in [0.29, 0.717) is 22.0 Å². The zero-order valence-electron chi connectivity index (χ0n) is 9.18. The fourth-order valence-corrected chi connectivity index (χ4v) is 2.59. The molecule has 0 atom stereocenters. The molecule has 0 radical (unpaired) electrons. The highest BCUT2D eigenvalue weighted by Crippen LogP contribution is 2.30. The van der Waals surface area contributed by atoms with Gasteiger partial charge in [0, 0.05) is 21.7 Å². The molecule has 4 nitrogen and oxygen atoms in total. The maximum absolute atomic E-state index is 12.0. The Labute approximate surface area is 101 Å². The van der Waals surface area contributed by atoms with Gasteiger partial charge < -0.3 is 0 Å². The van der Waals surface area contributed by atoms with Crippen LogP contribution in [0.4, 0.5) is 0 Å². The van der Waals surface area contributed by atoms with Crippen molar-refractivity contribution in [2.45, 2.75) is 0 Å². The molecule has 3 aliphatic rings. The molecule has 0 spiro atoms. The smallest absolute Gasteiger partial charge is 0.206 e. The summed E-state index contributed by atoms with van der Waals surface area (Å²) in [5, 5.41) is 9.22. The molecule has 0 amide bonds. The molecule has 0 fully saturated rings. The van der Waals surface area contributed by atoms with E-state index in [-0.39, 0.29) is 10.9 Å². The SMILES string of the molecule is O=c1ccc2c3c(nncc2=O)c2c(c1-3)C=CC=2. The average molecular weight is 234 g/mol. The fourth-order valence-electron chi connectivity index (χ4n) is 2.59. The van der Waals surface area contributed by atoms with Crippen LogP contribution in [0.2, 0.25) is 0 Å². The van der Waals surface area contributed by atoms with Gasteiger partial charge >= 0.3 is 0 Å². The average Bonchev–Trinajstić information content (AvgIpc) is 2.87. The number of hydrogen-bond acceptors (Lipinski definition) is 4. The summed E-state index contributed by atoms with van der Waals surface area (Å²) in [4.78, 5) is 23.9. The minimum atomic E-state index is -0.213. The third kappa shape index (κ3) is 0.953. The van der Waals surface area contributed by atoms with Gasteiger partial charge in [-0.2, -0.15) is 5.10 Å². The van der Waals surface area contributed by atoms with Crippen molar-refractivity contribution < 1.29 is 0 Å². The number of benzene rings is 1. The van der Waals surface area contributed by atoms with Crippen molar-refractivity contribution in [1.82, 2.24) is 10.2 Å². The molecule has 0 N–H and O–H groups in total. The molecule has 0 unspecified atom stereocenters. The van der Waals surface area contributed by atoms with Crippen LogP contribution in [0.3, 0.4) is 0 Å². The van der Waals surface area contributed by atoms with E-state index in [4.69, 9.17) is 0 Å². The largest absolute Gasteiger partial charge is 0.289 e. The molecular formula is C14H6N2O2. The summed E-state index contributed by atoms with van der Waals surface area (Å²) in [6.45, 7) is 0. The van der Waals surface area contributed by atoms with Crippen LogP contribution in [0, 0.1) is 0 Å². The minimum Gasteiger partial charge on any atom is -0.289 e. The topological polar surface area (TPSA) is 59.9 Å². The Morgan fingerprint density at radius 3 is 2.78 bits per heavy atom. The first-order valence-electron chi connectivity index (χ1n) is 5.53. The molecule has 4 heteroatoms. The van der Waals surface area contributed by atoms with Crippen LogP contribution < -0.4 is 16.1 Å². The van der Waals surface area contributed by atoms with Gasteiger partial charge in [-0.25, -0.2) is 0 Å². The van der Waals surface area contributed by atoms with E-state index < -0.39 is 0 Å². The van der Waals surface area contributed by atoms with E-state index in [2.05, 4.69) is 10.2 Å². The van der Waals surface area contributed by atoms with Crippen molar-refractivity contribution >= 4 is 23.1 Å². The third-order valence-electron chi connectivity index (χ3n) is 3.34. The van der Waals surface area contributed by atoms with Gasteiger partial charge in [0.1, 0.15) is 5.52 Å². The summed E-state index contributed by atoms with van der Waals surface area (Å²) in [5.74, 6) is 0. The molecule has 1 heterocycles. The number of allylic oxidation sites excluding steroid dienone is 1. The lowest BCUT2D eigenvalue weighted by Crippen LogP contribution is -2.07. The van der Waals surface area contributed by atoms with Crippen molar-refractivity contribution in [2.24, 2.45) is 0 Å². The van der Waals surface area contributed by atoms with E-state index in [1.807, 2.05) is 18.2 Å². The molecule has 4 rings (SSSR count).